The van der Waals surface area contributed by atoms with Crippen molar-refractivity contribution in [3.05, 3.63) is 22.4 Å². The lowest BCUT2D eigenvalue weighted by molar-refractivity contribution is 0.152. The van der Waals surface area contributed by atoms with Gasteiger partial charge in [-0.25, -0.2) is 4.79 Å². The van der Waals surface area contributed by atoms with E-state index in [0.29, 0.717) is 12.6 Å². The van der Waals surface area contributed by atoms with E-state index >= 15 is 0 Å². The van der Waals surface area contributed by atoms with E-state index in [1.807, 2.05) is 0 Å². The Hall–Kier alpha value is -1.07. The molecule has 1 aromatic heterocycles. The Balaban J connectivity index is 1.81. The van der Waals surface area contributed by atoms with Crippen LogP contribution in [0.25, 0.3) is 0 Å². The maximum absolute atomic E-state index is 11.3. The molecule has 2 heterocycles. The molecule has 1 saturated heterocycles. The zero-order valence-electron chi connectivity index (χ0n) is 10.3. The molecular weight excluding hydrogens is 236 g/mol. The topological polar surface area (TPSA) is 32.8 Å². The molecule has 0 bridgehead atoms. The van der Waals surface area contributed by atoms with Gasteiger partial charge >= 0.3 is 6.09 Å². The zero-order valence-corrected chi connectivity index (χ0v) is 11.1. The fourth-order valence-electron chi connectivity index (χ4n) is 1.85. The molecule has 2 rings (SSSR count). The maximum atomic E-state index is 11.3. The molecule has 0 aromatic carbocycles. The Morgan fingerprint density at radius 1 is 1.65 bits per heavy atom. The summed E-state index contributed by atoms with van der Waals surface area (Å²) in [6.07, 6.45) is -0.179. The molecular formula is C12H18N2O2S. The van der Waals surface area contributed by atoms with Crippen LogP contribution in [0.1, 0.15) is 17.8 Å². The first-order valence-corrected chi connectivity index (χ1v) is 6.72. The number of carbonyl (C=O) groups is 1. The molecule has 1 aliphatic rings. The Morgan fingerprint density at radius 2 is 2.47 bits per heavy atom. The molecule has 1 amide bonds. The Kier molecular flexibility index (Phi) is 4.02. The van der Waals surface area contributed by atoms with E-state index in [9.17, 15) is 4.79 Å². The summed E-state index contributed by atoms with van der Waals surface area (Å²) in [7, 11) is 2.09. The van der Waals surface area contributed by atoms with E-state index in [1.54, 1.807) is 16.2 Å². The van der Waals surface area contributed by atoms with Crippen molar-refractivity contribution in [2.45, 2.75) is 13.0 Å². The van der Waals surface area contributed by atoms with Crippen LogP contribution in [-0.2, 0) is 4.74 Å². The van der Waals surface area contributed by atoms with Gasteiger partial charge in [0.25, 0.3) is 0 Å². The van der Waals surface area contributed by atoms with Gasteiger partial charge in [0.05, 0.1) is 6.54 Å². The van der Waals surface area contributed by atoms with Crippen molar-refractivity contribution < 1.29 is 9.53 Å². The highest BCUT2D eigenvalue weighted by atomic mass is 32.1. The van der Waals surface area contributed by atoms with Gasteiger partial charge in [-0.05, 0) is 25.4 Å². The number of hydrogen-bond acceptors (Lipinski definition) is 4. The van der Waals surface area contributed by atoms with Crippen LogP contribution in [0.4, 0.5) is 4.79 Å². The van der Waals surface area contributed by atoms with Crippen molar-refractivity contribution in [2.75, 3.05) is 33.3 Å². The largest absolute Gasteiger partial charge is 0.448 e. The second kappa shape index (κ2) is 5.51. The van der Waals surface area contributed by atoms with Crippen molar-refractivity contribution in [1.82, 2.24) is 9.80 Å². The third-order valence-corrected chi connectivity index (χ3v) is 4.23. The van der Waals surface area contributed by atoms with Gasteiger partial charge in [-0.2, -0.15) is 0 Å². The Morgan fingerprint density at radius 3 is 3.06 bits per heavy atom. The molecule has 17 heavy (non-hydrogen) atoms. The van der Waals surface area contributed by atoms with Gasteiger partial charge in [0.1, 0.15) is 6.61 Å². The minimum absolute atomic E-state index is 0.179. The van der Waals surface area contributed by atoms with E-state index in [0.717, 1.165) is 19.6 Å². The molecule has 0 unspecified atom stereocenters. The monoisotopic (exact) mass is 254 g/mol. The summed E-state index contributed by atoms with van der Waals surface area (Å²) in [5.74, 6) is 0. The molecule has 1 aliphatic heterocycles. The fourth-order valence-corrected chi connectivity index (χ4v) is 2.70. The Labute approximate surface area is 106 Å². The molecule has 1 aromatic rings. The number of ether oxygens (including phenoxy) is 1. The highest BCUT2D eigenvalue weighted by molar-refractivity contribution is 7.10. The number of hydrogen-bond donors (Lipinski definition) is 0. The van der Waals surface area contributed by atoms with Crippen LogP contribution in [0.5, 0.6) is 0 Å². The zero-order chi connectivity index (χ0) is 12.3. The van der Waals surface area contributed by atoms with Gasteiger partial charge in [0, 0.05) is 24.0 Å². The summed E-state index contributed by atoms with van der Waals surface area (Å²) in [5, 5.41) is 2.09. The molecule has 0 spiro atoms. The summed E-state index contributed by atoms with van der Waals surface area (Å²) in [5.41, 5.74) is 0. The van der Waals surface area contributed by atoms with Crippen LogP contribution in [0, 0.1) is 0 Å². The number of rotatable bonds is 5. The van der Waals surface area contributed by atoms with Gasteiger partial charge in [0.2, 0.25) is 0 Å². The standard InChI is InChI=1S/C12H18N2O2S/c1-10(11-4-3-9-17-11)13(2)5-6-14-7-8-16-12(14)15/h3-4,9-10H,5-8H2,1-2H3/t10-/m1/s1. The Bertz CT molecular complexity index is 367. The molecule has 0 radical (unpaired) electrons. The van der Waals surface area contributed by atoms with Gasteiger partial charge in [0.15, 0.2) is 0 Å². The quantitative estimate of drug-likeness (QED) is 0.807. The first-order chi connectivity index (χ1) is 8.18. The molecule has 5 heteroatoms. The third kappa shape index (κ3) is 2.98. The van der Waals surface area contributed by atoms with E-state index in [1.165, 1.54) is 4.88 Å². The van der Waals surface area contributed by atoms with Crippen molar-refractivity contribution in [2.24, 2.45) is 0 Å². The predicted molar refractivity (Wildman–Crippen MR) is 68.3 cm³/mol. The van der Waals surface area contributed by atoms with Gasteiger partial charge < -0.3 is 9.64 Å². The molecule has 1 atom stereocenters. The number of likely N-dealkylation sites (N-methyl/N-ethyl adjacent to an activating group) is 1. The molecule has 0 aliphatic carbocycles. The fraction of sp³-hybridized carbons (Fsp3) is 0.583. The van der Waals surface area contributed by atoms with Crippen molar-refractivity contribution >= 4 is 17.4 Å². The number of amides is 1. The van der Waals surface area contributed by atoms with Crippen LogP contribution in [0.2, 0.25) is 0 Å². The van der Waals surface area contributed by atoms with Crippen LogP contribution in [0.3, 0.4) is 0 Å². The predicted octanol–water partition coefficient (Wildman–Crippen LogP) is 2.19. The van der Waals surface area contributed by atoms with Crippen LogP contribution in [0.15, 0.2) is 17.5 Å². The first-order valence-electron chi connectivity index (χ1n) is 5.84. The van der Waals surface area contributed by atoms with Crippen molar-refractivity contribution in [3.8, 4) is 0 Å². The van der Waals surface area contributed by atoms with Crippen molar-refractivity contribution in [1.29, 1.82) is 0 Å². The van der Waals surface area contributed by atoms with E-state index < -0.39 is 0 Å². The van der Waals surface area contributed by atoms with Crippen LogP contribution < -0.4 is 0 Å². The minimum Gasteiger partial charge on any atom is -0.448 e. The number of cyclic esters (lactones) is 1. The lowest BCUT2D eigenvalue weighted by atomic mass is 10.2. The third-order valence-electron chi connectivity index (χ3n) is 3.18. The van der Waals surface area contributed by atoms with E-state index in [-0.39, 0.29) is 6.09 Å². The summed E-state index contributed by atoms with van der Waals surface area (Å²) in [6, 6.07) is 4.62. The summed E-state index contributed by atoms with van der Waals surface area (Å²) >= 11 is 1.77. The van der Waals surface area contributed by atoms with Gasteiger partial charge in [-0.3, -0.25) is 4.90 Å². The smallest absolute Gasteiger partial charge is 0.409 e. The number of carbonyl (C=O) groups excluding carboxylic acids is 1. The molecule has 0 N–H and O–H groups in total. The second-order valence-corrected chi connectivity index (χ2v) is 5.25. The molecule has 94 valence electrons. The number of thiophene rings is 1. The van der Waals surface area contributed by atoms with Crippen molar-refractivity contribution in [3.63, 3.8) is 0 Å². The van der Waals surface area contributed by atoms with Crippen LogP contribution in [-0.4, -0.2) is 49.2 Å². The molecule has 1 fully saturated rings. The van der Waals surface area contributed by atoms with Crippen LogP contribution >= 0.6 is 11.3 Å². The average molecular weight is 254 g/mol. The highest BCUT2D eigenvalue weighted by Crippen LogP contribution is 2.23. The second-order valence-electron chi connectivity index (χ2n) is 4.27. The van der Waals surface area contributed by atoms with E-state index in [2.05, 4.69) is 36.4 Å². The highest BCUT2D eigenvalue weighted by Gasteiger charge is 2.22. The SMILES string of the molecule is C[C@H](c1cccs1)N(C)CCN1CCOC1=O. The lowest BCUT2D eigenvalue weighted by Crippen LogP contribution is -2.34. The van der Waals surface area contributed by atoms with E-state index in [4.69, 9.17) is 4.74 Å². The van der Waals surface area contributed by atoms with Gasteiger partial charge in [-0.15, -0.1) is 11.3 Å². The summed E-state index contributed by atoms with van der Waals surface area (Å²) in [6.45, 7) is 5.05. The van der Waals surface area contributed by atoms with Gasteiger partial charge in [-0.1, -0.05) is 6.07 Å². The molecule has 0 saturated carbocycles. The summed E-state index contributed by atoms with van der Waals surface area (Å²) in [4.78, 5) is 16.7. The number of nitrogens with zero attached hydrogens (tertiary/aromatic N) is 2. The maximum Gasteiger partial charge on any atom is 0.409 e. The molecule has 4 nitrogen and oxygen atoms in total. The minimum atomic E-state index is -0.179. The lowest BCUT2D eigenvalue weighted by Gasteiger charge is -2.25. The normalized spacial score (nSPS) is 17.6. The first kappa shape index (κ1) is 12.4. The summed E-state index contributed by atoms with van der Waals surface area (Å²) < 4.78 is 4.90. The average Bonchev–Trinajstić information content (AvgIpc) is 2.96.